The van der Waals surface area contributed by atoms with Crippen molar-refractivity contribution >= 4 is 11.8 Å². The maximum atomic E-state index is 4.57. The molecule has 0 atom stereocenters. The lowest BCUT2D eigenvalue weighted by molar-refractivity contribution is 0.395. The molecule has 0 radical (unpaired) electrons. The first-order valence-electron chi connectivity index (χ1n) is 4.96. The Kier molecular flexibility index (Phi) is 7.38. The van der Waals surface area contributed by atoms with Gasteiger partial charge in [0.2, 0.25) is 0 Å². The second-order valence-electron chi connectivity index (χ2n) is 3.55. The van der Waals surface area contributed by atoms with Crippen molar-refractivity contribution in [2.45, 2.75) is 24.9 Å². The van der Waals surface area contributed by atoms with Gasteiger partial charge in [-0.15, -0.1) is 11.8 Å². The van der Waals surface area contributed by atoms with E-state index in [4.69, 9.17) is 0 Å². The maximum absolute atomic E-state index is 4.57. The molecule has 0 bridgehead atoms. The van der Waals surface area contributed by atoms with Crippen LogP contribution in [0.5, 0.6) is 0 Å². The summed E-state index contributed by atoms with van der Waals surface area (Å²) >= 11 is 1.83. The Balaban J connectivity index is 0.00000196. The average molecular weight is 227 g/mol. The number of hydrogen-bond donors (Lipinski definition) is 1. The molecule has 3 nitrogen and oxygen atoms in total. The summed E-state index contributed by atoms with van der Waals surface area (Å²) in [7, 11) is 4.13. The Hall–Kier alpha value is -0.580. The topological polar surface area (TPSA) is 51.1 Å². The Morgan fingerprint density at radius 3 is 2.67 bits per heavy atom. The highest BCUT2D eigenvalue weighted by Crippen LogP contribution is 2.16. The molecule has 0 saturated heterocycles. The molecule has 1 aromatic heterocycles. The van der Waals surface area contributed by atoms with E-state index < -0.39 is 0 Å². The molecular formula is C11H21N3S. The molecule has 86 valence electrons. The molecule has 1 heterocycles. The van der Waals surface area contributed by atoms with Gasteiger partial charge in [0.05, 0.1) is 10.7 Å². The Morgan fingerprint density at radius 2 is 2.07 bits per heavy atom. The zero-order valence-corrected chi connectivity index (χ0v) is 10.7. The van der Waals surface area contributed by atoms with Gasteiger partial charge in [0.1, 0.15) is 0 Å². The van der Waals surface area contributed by atoms with Gasteiger partial charge in [-0.2, -0.15) is 0 Å². The van der Waals surface area contributed by atoms with Crippen LogP contribution in [0.15, 0.2) is 23.2 Å². The molecule has 0 spiro atoms. The van der Waals surface area contributed by atoms with Crippen molar-refractivity contribution in [1.29, 1.82) is 0 Å². The van der Waals surface area contributed by atoms with Gasteiger partial charge in [0.25, 0.3) is 0 Å². The Labute approximate surface area is 96.9 Å². The first-order valence-corrected chi connectivity index (χ1v) is 5.94. The van der Waals surface area contributed by atoms with Gasteiger partial charge >= 0.3 is 0 Å². The molecule has 0 aliphatic carbocycles. The van der Waals surface area contributed by atoms with Crippen LogP contribution in [-0.4, -0.2) is 29.7 Å². The van der Waals surface area contributed by atoms with Crippen LogP contribution in [-0.2, 0) is 6.54 Å². The van der Waals surface area contributed by atoms with Crippen molar-refractivity contribution in [2.24, 2.45) is 0 Å². The molecule has 0 amide bonds. The van der Waals surface area contributed by atoms with Crippen LogP contribution in [0.1, 0.15) is 19.0 Å². The number of pyridine rings is 1. The van der Waals surface area contributed by atoms with Crippen LogP contribution in [0.4, 0.5) is 0 Å². The lowest BCUT2D eigenvalue weighted by Gasteiger charge is -2.09. The molecule has 0 unspecified atom stereocenters. The largest absolute Gasteiger partial charge is 0.344 e. The van der Waals surface area contributed by atoms with Gasteiger partial charge in [0.15, 0.2) is 0 Å². The van der Waals surface area contributed by atoms with Crippen molar-refractivity contribution in [2.75, 3.05) is 19.8 Å². The van der Waals surface area contributed by atoms with Crippen LogP contribution in [0.25, 0.3) is 0 Å². The summed E-state index contributed by atoms with van der Waals surface area (Å²) in [5, 5.41) is 1.14. The van der Waals surface area contributed by atoms with E-state index in [1.165, 1.54) is 6.42 Å². The van der Waals surface area contributed by atoms with Crippen LogP contribution in [0.3, 0.4) is 0 Å². The highest BCUT2D eigenvalue weighted by molar-refractivity contribution is 7.99. The second kappa shape index (κ2) is 7.68. The van der Waals surface area contributed by atoms with E-state index in [2.05, 4.69) is 49.1 Å². The highest BCUT2D eigenvalue weighted by Gasteiger charge is 1.99. The highest BCUT2D eigenvalue weighted by atomic mass is 32.2. The fourth-order valence-corrected chi connectivity index (χ4v) is 1.93. The summed E-state index contributed by atoms with van der Waals surface area (Å²) < 4.78 is 0. The molecule has 3 N–H and O–H groups in total. The molecule has 1 aromatic rings. The van der Waals surface area contributed by atoms with Gasteiger partial charge in [-0.05, 0) is 38.4 Å². The monoisotopic (exact) mass is 227 g/mol. The van der Waals surface area contributed by atoms with E-state index in [1.54, 1.807) is 0 Å². The number of rotatable bonds is 5. The van der Waals surface area contributed by atoms with Crippen LogP contribution < -0.4 is 6.15 Å². The smallest absolute Gasteiger partial charge is 0.0963 e. The second-order valence-corrected chi connectivity index (χ2v) is 4.67. The van der Waals surface area contributed by atoms with Crippen molar-refractivity contribution < 1.29 is 0 Å². The van der Waals surface area contributed by atoms with Crippen molar-refractivity contribution in [3.63, 3.8) is 0 Å². The summed E-state index contributed by atoms with van der Waals surface area (Å²) in [5.74, 6) is 1.15. The number of aromatic nitrogens is 1. The SMILES string of the molecule is CCCSc1cccc(CN(C)C)n1.N. The lowest BCUT2D eigenvalue weighted by atomic mass is 10.3. The molecular weight excluding hydrogens is 206 g/mol. The number of hydrogen-bond acceptors (Lipinski definition) is 4. The molecule has 0 aromatic carbocycles. The summed E-state index contributed by atoms with van der Waals surface area (Å²) in [4.78, 5) is 6.71. The van der Waals surface area contributed by atoms with Gasteiger partial charge in [-0.1, -0.05) is 13.0 Å². The number of nitrogens with zero attached hydrogens (tertiary/aromatic N) is 2. The van der Waals surface area contributed by atoms with Crippen LogP contribution >= 0.6 is 11.8 Å². The first-order chi connectivity index (χ1) is 6.72. The minimum Gasteiger partial charge on any atom is -0.344 e. The Bertz CT molecular complexity index is 276. The average Bonchev–Trinajstić information content (AvgIpc) is 2.14. The molecule has 0 saturated carbocycles. The summed E-state index contributed by atoms with van der Waals surface area (Å²) in [6.45, 7) is 3.11. The lowest BCUT2D eigenvalue weighted by Crippen LogP contribution is -2.11. The zero-order chi connectivity index (χ0) is 10.4. The van der Waals surface area contributed by atoms with E-state index in [0.29, 0.717) is 0 Å². The third-order valence-corrected chi connectivity index (χ3v) is 2.85. The maximum Gasteiger partial charge on any atom is 0.0963 e. The van der Waals surface area contributed by atoms with Gasteiger partial charge in [-0.3, -0.25) is 0 Å². The van der Waals surface area contributed by atoms with Crippen LogP contribution in [0.2, 0.25) is 0 Å². The minimum absolute atomic E-state index is 0. The molecule has 0 fully saturated rings. The molecule has 0 aliphatic heterocycles. The third-order valence-electron chi connectivity index (χ3n) is 1.71. The summed E-state index contributed by atoms with van der Waals surface area (Å²) in [6, 6.07) is 6.25. The number of thioether (sulfide) groups is 1. The van der Waals surface area contributed by atoms with Gasteiger partial charge in [-0.25, -0.2) is 4.98 Å². The molecule has 0 aliphatic rings. The predicted molar refractivity (Wildman–Crippen MR) is 67.7 cm³/mol. The van der Waals surface area contributed by atoms with Gasteiger partial charge < -0.3 is 11.1 Å². The standard InChI is InChI=1S/C11H18N2S.H3N/c1-4-8-14-11-7-5-6-10(12-11)9-13(2)3;/h5-7H,4,8-9H2,1-3H3;1H3. The van der Waals surface area contributed by atoms with Crippen molar-refractivity contribution in [1.82, 2.24) is 16.0 Å². The molecule has 15 heavy (non-hydrogen) atoms. The normalized spacial score (nSPS) is 10.1. The zero-order valence-electron chi connectivity index (χ0n) is 9.86. The van der Waals surface area contributed by atoms with Gasteiger partial charge in [0, 0.05) is 6.54 Å². The van der Waals surface area contributed by atoms with E-state index >= 15 is 0 Å². The summed E-state index contributed by atoms with van der Waals surface area (Å²) in [5.41, 5.74) is 1.15. The van der Waals surface area contributed by atoms with Crippen molar-refractivity contribution in [3.8, 4) is 0 Å². The fourth-order valence-electron chi connectivity index (χ4n) is 1.16. The van der Waals surface area contributed by atoms with Crippen LogP contribution in [0, 0.1) is 0 Å². The minimum atomic E-state index is 0. The quantitative estimate of drug-likeness (QED) is 0.786. The van der Waals surface area contributed by atoms with E-state index in [0.717, 1.165) is 23.0 Å². The molecule has 4 heteroatoms. The summed E-state index contributed by atoms with van der Waals surface area (Å²) in [6.07, 6.45) is 1.20. The predicted octanol–water partition coefficient (Wildman–Crippen LogP) is 2.81. The molecule has 1 rings (SSSR count). The fraction of sp³-hybridized carbons (Fsp3) is 0.545. The van der Waals surface area contributed by atoms with Crippen molar-refractivity contribution in [3.05, 3.63) is 23.9 Å². The van der Waals surface area contributed by atoms with E-state index in [9.17, 15) is 0 Å². The van der Waals surface area contributed by atoms with E-state index in [1.807, 2.05) is 11.8 Å². The Morgan fingerprint density at radius 1 is 1.33 bits per heavy atom. The third kappa shape index (κ3) is 5.77. The van der Waals surface area contributed by atoms with E-state index in [-0.39, 0.29) is 6.15 Å². The first kappa shape index (κ1) is 14.4.